The first-order valence-electron chi connectivity index (χ1n) is 7.94. The van der Waals surface area contributed by atoms with Crippen molar-refractivity contribution < 1.29 is 9.47 Å². The van der Waals surface area contributed by atoms with E-state index in [2.05, 4.69) is 53.5 Å². The minimum atomic E-state index is 0.368. The van der Waals surface area contributed by atoms with E-state index in [0.717, 1.165) is 52.4 Å². The second-order valence-electron chi connectivity index (χ2n) is 8.15. The fourth-order valence-electron chi connectivity index (χ4n) is 1.51. The van der Waals surface area contributed by atoms with E-state index >= 15 is 0 Å². The van der Waals surface area contributed by atoms with Crippen molar-refractivity contribution in [3.05, 3.63) is 0 Å². The van der Waals surface area contributed by atoms with Crippen LogP contribution in [0.2, 0.25) is 0 Å². The van der Waals surface area contributed by atoms with Crippen molar-refractivity contribution in [3.8, 4) is 0 Å². The normalized spacial score (nSPS) is 13.2. The van der Waals surface area contributed by atoms with E-state index in [1.807, 2.05) is 0 Å². The highest BCUT2D eigenvalue weighted by molar-refractivity contribution is 4.61. The summed E-state index contributed by atoms with van der Waals surface area (Å²) in [5.41, 5.74) is 0.736. The SMILES string of the molecule is CN(CCOCCC(C)(C)C)CCOCCC(C)(C)C. The highest BCUT2D eigenvalue weighted by Crippen LogP contribution is 2.18. The molecule has 0 bridgehead atoms. The topological polar surface area (TPSA) is 21.7 Å². The molecule has 0 aliphatic carbocycles. The second kappa shape index (κ2) is 9.75. The summed E-state index contributed by atoms with van der Waals surface area (Å²) in [4.78, 5) is 2.27. The molecule has 0 unspecified atom stereocenters. The van der Waals surface area contributed by atoms with Gasteiger partial charge in [0.1, 0.15) is 0 Å². The number of nitrogens with zero attached hydrogens (tertiary/aromatic N) is 1. The van der Waals surface area contributed by atoms with Gasteiger partial charge in [-0.1, -0.05) is 41.5 Å². The van der Waals surface area contributed by atoms with Crippen LogP contribution in [0, 0.1) is 10.8 Å². The fourth-order valence-corrected chi connectivity index (χ4v) is 1.51. The maximum Gasteiger partial charge on any atom is 0.0593 e. The average Bonchev–Trinajstić information content (AvgIpc) is 2.25. The highest BCUT2D eigenvalue weighted by atomic mass is 16.5. The lowest BCUT2D eigenvalue weighted by Crippen LogP contribution is -2.27. The Bertz CT molecular complexity index is 204. The standard InChI is InChI=1S/C17H37NO2/c1-16(2,3)8-12-19-14-10-18(7)11-15-20-13-9-17(4,5)6/h8-15H2,1-7H3. The van der Waals surface area contributed by atoms with Gasteiger partial charge in [0, 0.05) is 26.3 Å². The van der Waals surface area contributed by atoms with Crippen LogP contribution in [-0.2, 0) is 9.47 Å². The van der Waals surface area contributed by atoms with Crippen molar-refractivity contribution in [2.45, 2.75) is 54.4 Å². The van der Waals surface area contributed by atoms with E-state index in [1.54, 1.807) is 0 Å². The Morgan fingerprint density at radius 3 is 1.30 bits per heavy atom. The van der Waals surface area contributed by atoms with Gasteiger partial charge < -0.3 is 14.4 Å². The minimum absolute atomic E-state index is 0.368. The predicted molar refractivity (Wildman–Crippen MR) is 87.3 cm³/mol. The summed E-state index contributed by atoms with van der Waals surface area (Å²) < 4.78 is 11.3. The molecule has 0 fully saturated rings. The first kappa shape index (κ1) is 19.9. The van der Waals surface area contributed by atoms with Crippen LogP contribution in [0.25, 0.3) is 0 Å². The van der Waals surface area contributed by atoms with Crippen LogP contribution in [0.15, 0.2) is 0 Å². The van der Waals surface area contributed by atoms with Gasteiger partial charge in [0.25, 0.3) is 0 Å². The van der Waals surface area contributed by atoms with Gasteiger partial charge in [0.05, 0.1) is 13.2 Å². The molecule has 20 heavy (non-hydrogen) atoms. The Morgan fingerprint density at radius 2 is 1.00 bits per heavy atom. The van der Waals surface area contributed by atoms with Gasteiger partial charge >= 0.3 is 0 Å². The summed E-state index contributed by atoms with van der Waals surface area (Å²) in [5.74, 6) is 0. The van der Waals surface area contributed by atoms with E-state index in [9.17, 15) is 0 Å². The van der Waals surface area contributed by atoms with E-state index in [-0.39, 0.29) is 0 Å². The number of ether oxygens (including phenoxy) is 2. The number of hydrogen-bond donors (Lipinski definition) is 0. The molecule has 3 heteroatoms. The molecule has 0 aromatic rings. The van der Waals surface area contributed by atoms with Crippen LogP contribution in [0.1, 0.15) is 54.4 Å². The van der Waals surface area contributed by atoms with Crippen LogP contribution >= 0.6 is 0 Å². The van der Waals surface area contributed by atoms with E-state index in [4.69, 9.17) is 9.47 Å². The van der Waals surface area contributed by atoms with Crippen molar-refractivity contribution in [2.75, 3.05) is 46.6 Å². The monoisotopic (exact) mass is 287 g/mol. The number of likely N-dealkylation sites (N-methyl/N-ethyl adjacent to an activating group) is 1. The maximum atomic E-state index is 5.67. The molecular weight excluding hydrogens is 250 g/mol. The quantitative estimate of drug-likeness (QED) is 0.570. The van der Waals surface area contributed by atoms with Crippen LogP contribution < -0.4 is 0 Å². The summed E-state index contributed by atoms with van der Waals surface area (Å²) in [5, 5.41) is 0. The smallest absolute Gasteiger partial charge is 0.0593 e. The van der Waals surface area contributed by atoms with Gasteiger partial charge in [-0.25, -0.2) is 0 Å². The summed E-state index contributed by atoms with van der Waals surface area (Å²) in [6, 6.07) is 0. The van der Waals surface area contributed by atoms with Crippen LogP contribution in [0.4, 0.5) is 0 Å². The summed E-state index contributed by atoms with van der Waals surface area (Å²) >= 11 is 0. The molecule has 0 aliphatic rings. The van der Waals surface area contributed by atoms with Crippen LogP contribution in [-0.4, -0.2) is 51.5 Å². The third kappa shape index (κ3) is 15.9. The first-order chi connectivity index (χ1) is 9.10. The van der Waals surface area contributed by atoms with E-state index in [1.165, 1.54) is 0 Å². The molecule has 0 amide bonds. The molecule has 0 aliphatic heterocycles. The molecule has 0 N–H and O–H groups in total. The largest absolute Gasteiger partial charge is 0.380 e. The van der Waals surface area contributed by atoms with Crippen molar-refractivity contribution in [1.82, 2.24) is 4.90 Å². The van der Waals surface area contributed by atoms with Crippen molar-refractivity contribution in [3.63, 3.8) is 0 Å². The molecule has 0 atom stereocenters. The van der Waals surface area contributed by atoms with Crippen LogP contribution in [0.5, 0.6) is 0 Å². The second-order valence-corrected chi connectivity index (χ2v) is 8.15. The zero-order valence-corrected chi connectivity index (χ0v) is 14.9. The van der Waals surface area contributed by atoms with Gasteiger partial charge in [0.15, 0.2) is 0 Å². The number of hydrogen-bond acceptors (Lipinski definition) is 3. The predicted octanol–water partition coefficient (Wildman–Crippen LogP) is 3.82. The molecule has 3 nitrogen and oxygen atoms in total. The maximum absolute atomic E-state index is 5.67. The summed E-state index contributed by atoms with van der Waals surface area (Å²) in [6.07, 6.45) is 2.24. The Labute approximate surface area is 127 Å². The van der Waals surface area contributed by atoms with Gasteiger partial charge in [-0.15, -0.1) is 0 Å². The van der Waals surface area contributed by atoms with Crippen molar-refractivity contribution >= 4 is 0 Å². The molecule has 0 saturated carbocycles. The van der Waals surface area contributed by atoms with Crippen LogP contribution in [0.3, 0.4) is 0 Å². The Balaban J connectivity index is 3.35. The number of rotatable bonds is 10. The van der Waals surface area contributed by atoms with E-state index in [0.29, 0.717) is 10.8 Å². The molecule has 0 saturated heterocycles. The van der Waals surface area contributed by atoms with Crippen molar-refractivity contribution in [2.24, 2.45) is 10.8 Å². The molecule has 0 heterocycles. The van der Waals surface area contributed by atoms with Gasteiger partial charge in [-0.05, 0) is 30.7 Å². The van der Waals surface area contributed by atoms with Crippen molar-refractivity contribution in [1.29, 1.82) is 0 Å². The molecule has 122 valence electrons. The molecule has 0 aromatic heterocycles. The highest BCUT2D eigenvalue weighted by Gasteiger charge is 2.10. The van der Waals surface area contributed by atoms with E-state index < -0.39 is 0 Å². The Morgan fingerprint density at radius 1 is 0.650 bits per heavy atom. The lowest BCUT2D eigenvalue weighted by Gasteiger charge is -2.20. The fraction of sp³-hybridized carbons (Fsp3) is 1.00. The summed E-state index contributed by atoms with van der Waals surface area (Å²) in [7, 11) is 2.13. The average molecular weight is 287 g/mol. The molecular formula is C17H37NO2. The third-order valence-electron chi connectivity index (χ3n) is 3.23. The molecule has 0 radical (unpaired) electrons. The molecule has 0 rings (SSSR count). The Kier molecular flexibility index (Phi) is 9.69. The lowest BCUT2D eigenvalue weighted by atomic mass is 9.93. The first-order valence-corrected chi connectivity index (χ1v) is 7.94. The van der Waals surface area contributed by atoms with Gasteiger partial charge in [-0.3, -0.25) is 0 Å². The summed E-state index contributed by atoms with van der Waals surface area (Å²) in [6.45, 7) is 18.8. The molecule has 0 aromatic carbocycles. The zero-order valence-electron chi connectivity index (χ0n) is 14.9. The molecule has 0 spiro atoms. The minimum Gasteiger partial charge on any atom is -0.380 e. The van der Waals surface area contributed by atoms with Gasteiger partial charge in [-0.2, -0.15) is 0 Å². The third-order valence-corrected chi connectivity index (χ3v) is 3.23. The zero-order chi connectivity index (χ0) is 15.6. The Hall–Kier alpha value is -0.120. The lowest BCUT2D eigenvalue weighted by molar-refractivity contribution is 0.0679. The van der Waals surface area contributed by atoms with Gasteiger partial charge in [0.2, 0.25) is 0 Å².